The topological polar surface area (TPSA) is 54.5 Å². The van der Waals surface area contributed by atoms with E-state index in [1.54, 1.807) is 26.0 Å². The first-order valence-electron chi connectivity index (χ1n) is 6.32. The first-order valence-corrected chi connectivity index (χ1v) is 6.32. The second kappa shape index (κ2) is 7.46. The quantitative estimate of drug-likeness (QED) is 0.674. The van der Waals surface area contributed by atoms with Gasteiger partial charge in [-0.3, -0.25) is 14.4 Å². The molecule has 0 bridgehead atoms. The number of rotatable bonds is 8. The summed E-state index contributed by atoms with van der Waals surface area (Å²) in [6.07, 6.45) is 1.69. The van der Waals surface area contributed by atoms with Crippen LogP contribution in [-0.2, 0) is 9.59 Å². The maximum atomic E-state index is 11.1. The van der Waals surface area contributed by atoms with Crippen LogP contribution in [0.15, 0.2) is 24.3 Å². The van der Waals surface area contributed by atoms with Crippen molar-refractivity contribution in [3.8, 4) is 0 Å². The molecule has 0 aliphatic heterocycles. The maximum absolute atomic E-state index is 11.1. The maximum Gasteiger partial charge on any atom is 0.150 e. The third-order valence-corrected chi connectivity index (χ3v) is 2.86. The van der Waals surface area contributed by atoms with Crippen molar-refractivity contribution < 1.29 is 14.4 Å². The molecule has 0 unspecified atom stereocenters. The van der Waals surface area contributed by atoms with Crippen molar-refractivity contribution in [2.45, 2.75) is 26.7 Å². The number of Topliss-reactive ketones (excluding diaryl/α,β-unsaturated/α-hetero) is 2. The summed E-state index contributed by atoms with van der Waals surface area (Å²) in [7, 11) is 0. The Labute approximate surface area is 113 Å². The highest BCUT2D eigenvalue weighted by molar-refractivity contribution is 5.78. The number of carbonyl (C=O) groups excluding carboxylic acids is 3. The standard InChI is InChI=1S/C15H19NO3/c1-12(18)7-9-16(10-8-13(2)19)15-5-3-14(11-17)4-6-15/h3-6,11H,7-10H2,1-2H3. The minimum absolute atomic E-state index is 0.123. The van der Waals surface area contributed by atoms with Crippen LogP contribution >= 0.6 is 0 Å². The molecule has 0 fully saturated rings. The van der Waals surface area contributed by atoms with Crippen LogP contribution in [-0.4, -0.2) is 30.9 Å². The molecule has 0 aliphatic carbocycles. The Balaban J connectivity index is 2.76. The first kappa shape index (κ1) is 15.1. The smallest absolute Gasteiger partial charge is 0.150 e. The highest BCUT2D eigenvalue weighted by Gasteiger charge is 2.08. The molecule has 1 aromatic carbocycles. The van der Waals surface area contributed by atoms with E-state index in [-0.39, 0.29) is 11.6 Å². The molecular formula is C15H19NO3. The lowest BCUT2D eigenvalue weighted by molar-refractivity contribution is -0.117. The van der Waals surface area contributed by atoms with Crippen LogP contribution in [0.1, 0.15) is 37.0 Å². The Hall–Kier alpha value is -1.97. The van der Waals surface area contributed by atoms with Crippen LogP contribution in [0.3, 0.4) is 0 Å². The van der Waals surface area contributed by atoms with Crippen LogP contribution in [0.4, 0.5) is 5.69 Å². The number of nitrogens with zero attached hydrogens (tertiary/aromatic N) is 1. The van der Waals surface area contributed by atoms with Crippen molar-refractivity contribution in [2.75, 3.05) is 18.0 Å². The molecule has 1 rings (SSSR count). The third-order valence-electron chi connectivity index (χ3n) is 2.86. The Morgan fingerprint density at radius 1 is 1.00 bits per heavy atom. The number of anilines is 1. The largest absolute Gasteiger partial charge is 0.371 e. The molecule has 1 aromatic rings. The number of aldehydes is 1. The van der Waals surface area contributed by atoms with Gasteiger partial charge in [-0.2, -0.15) is 0 Å². The lowest BCUT2D eigenvalue weighted by atomic mass is 10.2. The molecule has 0 aromatic heterocycles. The molecule has 0 saturated carbocycles. The average molecular weight is 261 g/mol. The first-order chi connectivity index (χ1) is 9.02. The SMILES string of the molecule is CC(=O)CCN(CCC(C)=O)c1ccc(C=O)cc1. The summed E-state index contributed by atoms with van der Waals surface area (Å²) >= 11 is 0. The van der Waals surface area contributed by atoms with Crippen molar-refractivity contribution in [3.63, 3.8) is 0 Å². The molecule has 19 heavy (non-hydrogen) atoms. The van der Waals surface area contributed by atoms with E-state index < -0.39 is 0 Å². The van der Waals surface area contributed by atoms with Gasteiger partial charge in [-0.05, 0) is 38.1 Å². The molecule has 0 radical (unpaired) electrons. The molecule has 0 heterocycles. The summed E-state index contributed by atoms with van der Waals surface area (Å²) in [6, 6.07) is 7.14. The van der Waals surface area contributed by atoms with Gasteiger partial charge in [0, 0.05) is 37.2 Å². The van der Waals surface area contributed by atoms with Gasteiger partial charge in [0.2, 0.25) is 0 Å². The summed E-state index contributed by atoms with van der Waals surface area (Å²) in [5.41, 5.74) is 1.54. The summed E-state index contributed by atoms with van der Waals surface area (Å²) < 4.78 is 0. The molecule has 0 spiro atoms. The third kappa shape index (κ3) is 5.46. The van der Waals surface area contributed by atoms with E-state index >= 15 is 0 Å². The molecular weight excluding hydrogens is 242 g/mol. The second-order valence-corrected chi connectivity index (χ2v) is 4.60. The van der Waals surface area contributed by atoms with Gasteiger partial charge in [-0.15, -0.1) is 0 Å². The fourth-order valence-corrected chi connectivity index (χ4v) is 1.72. The molecule has 0 atom stereocenters. The molecule has 4 heteroatoms. The van der Waals surface area contributed by atoms with Crippen molar-refractivity contribution in [2.24, 2.45) is 0 Å². The number of benzene rings is 1. The van der Waals surface area contributed by atoms with Gasteiger partial charge in [0.05, 0.1) is 0 Å². The zero-order valence-electron chi connectivity index (χ0n) is 11.4. The summed E-state index contributed by atoms with van der Waals surface area (Å²) in [5, 5.41) is 0. The van der Waals surface area contributed by atoms with Crippen molar-refractivity contribution >= 4 is 23.5 Å². The number of carbonyl (C=O) groups is 3. The minimum atomic E-state index is 0.123. The molecule has 4 nitrogen and oxygen atoms in total. The Morgan fingerprint density at radius 3 is 1.84 bits per heavy atom. The summed E-state index contributed by atoms with van der Waals surface area (Å²) in [4.78, 5) is 34.8. The van der Waals surface area contributed by atoms with E-state index in [2.05, 4.69) is 0 Å². The Kier molecular flexibility index (Phi) is 5.93. The van der Waals surface area contributed by atoms with Gasteiger partial charge in [0.1, 0.15) is 17.9 Å². The van der Waals surface area contributed by atoms with E-state index in [1.807, 2.05) is 17.0 Å². The fraction of sp³-hybridized carbons (Fsp3) is 0.400. The van der Waals surface area contributed by atoms with Gasteiger partial charge in [-0.1, -0.05) is 0 Å². The highest BCUT2D eigenvalue weighted by Crippen LogP contribution is 2.15. The van der Waals surface area contributed by atoms with Crippen LogP contribution in [0.2, 0.25) is 0 Å². The van der Waals surface area contributed by atoms with Crippen LogP contribution in [0, 0.1) is 0 Å². The highest BCUT2D eigenvalue weighted by atomic mass is 16.1. The fourth-order valence-electron chi connectivity index (χ4n) is 1.72. The predicted molar refractivity (Wildman–Crippen MR) is 74.6 cm³/mol. The number of hydrogen-bond donors (Lipinski definition) is 0. The van der Waals surface area contributed by atoms with Crippen molar-refractivity contribution in [3.05, 3.63) is 29.8 Å². The zero-order valence-corrected chi connectivity index (χ0v) is 11.4. The van der Waals surface area contributed by atoms with Gasteiger partial charge in [-0.25, -0.2) is 0 Å². The number of ketones is 2. The van der Waals surface area contributed by atoms with Gasteiger partial charge in [0.25, 0.3) is 0 Å². The van der Waals surface area contributed by atoms with Gasteiger partial charge in [0.15, 0.2) is 0 Å². The Bertz CT molecular complexity index is 433. The summed E-state index contributed by atoms with van der Waals surface area (Å²) in [6.45, 7) is 4.28. The zero-order chi connectivity index (χ0) is 14.3. The molecule has 0 saturated heterocycles. The van der Waals surface area contributed by atoms with Crippen LogP contribution in [0.25, 0.3) is 0 Å². The van der Waals surface area contributed by atoms with E-state index in [0.29, 0.717) is 31.5 Å². The van der Waals surface area contributed by atoms with E-state index in [0.717, 1.165) is 12.0 Å². The molecule has 102 valence electrons. The van der Waals surface area contributed by atoms with Crippen LogP contribution < -0.4 is 4.90 Å². The minimum Gasteiger partial charge on any atom is -0.371 e. The van der Waals surface area contributed by atoms with E-state index in [1.165, 1.54) is 0 Å². The van der Waals surface area contributed by atoms with E-state index in [4.69, 9.17) is 0 Å². The van der Waals surface area contributed by atoms with Crippen molar-refractivity contribution in [1.29, 1.82) is 0 Å². The monoisotopic (exact) mass is 261 g/mol. The molecule has 0 aliphatic rings. The second-order valence-electron chi connectivity index (χ2n) is 4.60. The van der Waals surface area contributed by atoms with Gasteiger partial charge < -0.3 is 4.90 Å². The molecule has 0 amide bonds. The van der Waals surface area contributed by atoms with Gasteiger partial charge >= 0.3 is 0 Å². The normalized spacial score (nSPS) is 10.0. The molecule has 0 N–H and O–H groups in total. The predicted octanol–water partition coefficient (Wildman–Crippen LogP) is 2.26. The average Bonchev–Trinajstić information content (AvgIpc) is 2.38. The van der Waals surface area contributed by atoms with Crippen LogP contribution in [0.5, 0.6) is 0 Å². The summed E-state index contributed by atoms with van der Waals surface area (Å²) in [5.74, 6) is 0.245. The lowest BCUT2D eigenvalue weighted by Crippen LogP contribution is -2.28. The van der Waals surface area contributed by atoms with Crippen molar-refractivity contribution in [1.82, 2.24) is 0 Å². The number of hydrogen-bond acceptors (Lipinski definition) is 4. The Morgan fingerprint density at radius 2 is 1.47 bits per heavy atom. The lowest BCUT2D eigenvalue weighted by Gasteiger charge is -2.24. The van der Waals surface area contributed by atoms with E-state index in [9.17, 15) is 14.4 Å².